The Bertz CT molecular complexity index is 719. The lowest BCUT2D eigenvalue weighted by atomic mass is 9.77. The maximum Gasteiger partial charge on any atom is 0.228 e. The Hall–Kier alpha value is -1.94. The van der Waals surface area contributed by atoms with Gasteiger partial charge < -0.3 is 9.84 Å². The Morgan fingerprint density at radius 3 is 2.19 bits per heavy atom. The number of carbonyl (C=O) groups is 2. The van der Waals surface area contributed by atoms with E-state index in [1.54, 1.807) is 24.3 Å². The fourth-order valence-electron chi connectivity index (χ4n) is 4.19. The fourth-order valence-corrected chi connectivity index (χ4v) is 4.19. The zero-order chi connectivity index (χ0) is 19.2. The van der Waals surface area contributed by atoms with E-state index in [0.29, 0.717) is 23.1 Å². The summed E-state index contributed by atoms with van der Waals surface area (Å²) in [7, 11) is 0. The highest BCUT2D eigenvalue weighted by molar-refractivity contribution is 6.26. The van der Waals surface area contributed by atoms with Gasteiger partial charge in [-0.25, -0.2) is 0 Å². The van der Waals surface area contributed by atoms with Crippen molar-refractivity contribution in [3.8, 4) is 0 Å². The zero-order valence-electron chi connectivity index (χ0n) is 16.2. The van der Waals surface area contributed by atoms with Crippen molar-refractivity contribution in [2.75, 3.05) is 0 Å². The van der Waals surface area contributed by atoms with Crippen LogP contribution in [-0.4, -0.2) is 23.0 Å². The molecule has 1 heterocycles. The number of benzene rings is 1. The standard InChI is InChI=1S/C23H30O4/c1-2-3-4-5-6-7-8-9-12-16-15-19(24)27-23-20(16)21(25)17-13-10-11-14-18(17)22(23)26/h10-11,13-14,16,19,24H,2-9,12,15H2,1H3/t16-,19?/m1/s1. The first-order chi connectivity index (χ1) is 13.1. The van der Waals surface area contributed by atoms with E-state index >= 15 is 0 Å². The van der Waals surface area contributed by atoms with Crippen molar-refractivity contribution in [2.45, 2.75) is 77.4 Å². The van der Waals surface area contributed by atoms with Crippen LogP contribution in [0, 0.1) is 5.92 Å². The van der Waals surface area contributed by atoms with Crippen LogP contribution in [0.1, 0.15) is 91.8 Å². The van der Waals surface area contributed by atoms with Gasteiger partial charge in [-0.1, -0.05) is 82.6 Å². The Kier molecular flexibility index (Phi) is 6.84. The summed E-state index contributed by atoms with van der Waals surface area (Å²) in [5.74, 6) is -0.424. The van der Waals surface area contributed by atoms with Crippen LogP contribution >= 0.6 is 0 Å². The lowest BCUT2D eigenvalue weighted by Crippen LogP contribution is -2.35. The molecule has 3 rings (SSSR count). The van der Waals surface area contributed by atoms with Gasteiger partial charge >= 0.3 is 0 Å². The fraction of sp³-hybridized carbons (Fsp3) is 0.565. The highest BCUT2D eigenvalue weighted by Crippen LogP contribution is 2.39. The molecule has 0 amide bonds. The third-order valence-corrected chi connectivity index (χ3v) is 5.67. The van der Waals surface area contributed by atoms with Crippen molar-refractivity contribution in [3.05, 3.63) is 46.7 Å². The van der Waals surface area contributed by atoms with Crippen molar-refractivity contribution >= 4 is 11.6 Å². The number of unbranched alkanes of at least 4 members (excludes halogenated alkanes) is 7. The first-order valence-corrected chi connectivity index (χ1v) is 10.4. The molecule has 27 heavy (non-hydrogen) atoms. The summed E-state index contributed by atoms with van der Waals surface area (Å²) in [4.78, 5) is 25.7. The van der Waals surface area contributed by atoms with Gasteiger partial charge in [0.1, 0.15) is 0 Å². The molecular formula is C23H30O4. The molecule has 0 saturated carbocycles. The molecule has 0 bridgehead atoms. The third kappa shape index (κ3) is 4.49. The average Bonchev–Trinajstić information content (AvgIpc) is 2.67. The van der Waals surface area contributed by atoms with Gasteiger partial charge in [-0.05, 0) is 12.3 Å². The van der Waals surface area contributed by atoms with Gasteiger partial charge in [0.05, 0.1) is 0 Å². The molecule has 0 fully saturated rings. The number of Topliss-reactive ketones (excluding diaryl/α,β-unsaturated/α-hetero) is 2. The van der Waals surface area contributed by atoms with Gasteiger partial charge in [-0.2, -0.15) is 0 Å². The summed E-state index contributed by atoms with van der Waals surface area (Å²) in [6.07, 6.45) is 9.97. The van der Waals surface area contributed by atoms with Crippen LogP contribution in [0.4, 0.5) is 0 Å². The van der Waals surface area contributed by atoms with E-state index in [1.165, 1.54) is 38.5 Å². The number of carbonyl (C=O) groups excluding carboxylic acids is 2. The van der Waals surface area contributed by atoms with Crippen LogP contribution in [0.15, 0.2) is 35.6 Å². The number of aliphatic hydroxyl groups excluding tert-OH is 1. The van der Waals surface area contributed by atoms with Gasteiger partial charge in [0.25, 0.3) is 0 Å². The Morgan fingerprint density at radius 2 is 1.52 bits per heavy atom. The number of fused-ring (bicyclic) bond motifs is 1. The van der Waals surface area contributed by atoms with E-state index in [0.717, 1.165) is 19.3 Å². The quantitative estimate of drug-likeness (QED) is 0.606. The predicted octanol–water partition coefficient (Wildman–Crippen LogP) is 5.21. The summed E-state index contributed by atoms with van der Waals surface area (Å²) < 4.78 is 5.41. The van der Waals surface area contributed by atoms with Crippen molar-refractivity contribution in [1.29, 1.82) is 0 Å². The number of hydrogen-bond acceptors (Lipinski definition) is 4. The van der Waals surface area contributed by atoms with E-state index < -0.39 is 6.29 Å². The van der Waals surface area contributed by atoms with E-state index in [4.69, 9.17) is 4.74 Å². The Balaban J connectivity index is 1.62. The van der Waals surface area contributed by atoms with Gasteiger partial charge in [0.2, 0.25) is 5.78 Å². The van der Waals surface area contributed by atoms with E-state index in [9.17, 15) is 14.7 Å². The summed E-state index contributed by atoms with van der Waals surface area (Å²) in [5.41, 5.74) is 1.32. The monoisotopic (exact) mass is 370 g/mol. The molecule has 1 aromatic rings. The largest absolute Gasteiger partial charge is 0.461 e. The lowest BCUT2D eigenvalue weighted by Gasteiger charge is -2.33. The highest BCUT2D eigenvalue weighted by atomic mass is 16.6. The minimum atomic E-state index is -1.01. The number of hydrogen-bond donors (Lipinski definition) is 1. The second kappa shape index (κ2) is 9.32. The molecule has 0 aromatic heterocycles. The number of allylic oxidation sites excluding steroid dienone is 2. The SMILES string of the molecule is CCCCCCCCCC[C@@H]1CC(O)OC2=C1C(=O)c1ccccc1C2=O. The van der Waals surface area contributed by atoms with Crippen LogP contribution in [0.5, 0.6) is 0 Å². The van der Waals surface area contributed by atoms with E-state index in [1.807, 2.05) is 0 Å². The van der Waals surface area contributed by atoms with Crippen molar-refractivity contribution in [2.24, 2.45) is 5.92 Å². The average molecular weight is 370 g/mol. The Morgan fingerprint density at radius 1 is 0.926 bits per heavy atom. The molecule has 146 valence electrons. The summed E-state index contributed by atoms with van der Waals surface area (Å²) >= 11 is 0. The molecule has 2 aliphatic rings. The van der Waals surface area contributed by atoms with Crippen molar-refractivity contribution < 1.29 is 19.4 Å². The van der Waals surface area contributed by atoms with Gasteiger partial charge in [0, 0.05) is 23.1 Å². The predicted molar refractivity (Wildman–Crippen MR) is 105 cm³/mol. The van der Waals surface area contributed by atoms with E-state index in [2.05, 4.69) is 6.92 Å². The molecule has 1 unspecified atom stereocenters. The molecule has 2 atom stereocenters. The minimum Gasteiger partial charge on any atom is -0.461 e. The van der Waals surface area contributed by atoms with Crippen LogP contribution in [-0.2, 0) is 4.74 Å². The molecule has 4 nitrogen and oxygen atoms in total. The summed E-state index contributed by atoms with van der Waals surface area (Å²) in [6, 6.07) is 6.88. The molecular weight excluding hydrogens is 340 g/mol. The molecule has 1 N–H and O–H groups in total. The maximum atomic E-state index is 13.0. The summed E-state index contributed by atoms with van der Waals surface area (Å²) in [5, 5.41) is 10.1. The van der Waals surface area contributed by atoms with Crippen LogP contribution in [0.3, 0.4) is 0 Å². The second-order valence-corrected chi connectivity index (χ2v) is 7.72. The number of aliphatic hydroxyl groups is 1. The molecule has 1 aliphatic heterocycles. The van der Waals surface area contributed by atoms with Gasteiger partial charge in [-0.15, -0.1) is 0 Å². The smallest absolute Gasteiger partial charge is 0.228 e. The first-order valence-electron chi connectivity index (χ1n) is 10.4. The zero-order valence-corrected chi connectivity index (χ0v) is 16.2. The lowest BCUT2D eigenvalue weighted by molar-refractivity contribution is -0.0866. The number of ether oxygens (including phenoxy) is 1. The summed E-state index contributed by atoms with van der Waals surface area (Å²) in [6.45, 7) is 2.22. The van der Waals surface area contributed by atoms with Crippen LogP contribution in [0.25, 0.3) is 0 Å². The molecule has 4 heteroatoms. The molecule has 1 aliphatic carbocycles. The van der Waals surface area contributed by atoms with Gasteiger partial charge in [0.15, 0.2) is 17.8 Å². The van der Waals surface area contributed by atoms with Crippen molar-refractivity contribution in [1.82, 2.24) is 0 Å². The van der Waals surface area contributed by atoms with Crippen LogP contribution in [0.2, 0.25) is 0 Å². The third-order valence-electron chi connectivity index (χ3n) is 5.67. The van der Waals surface area contributed by atoms with Gasteiger partial charge in [-0.3, -0.25) is 9.59 Å². The molecule has 0 saturated heterocycles. The minimum absolute atomic E-state index is 0.0713. The highest BCUT2D eigenvalue weighted by Gasteiger charge is 2.41. The second-order valence-electron chi connectivity index (χ2n) is 7.72. The topological polar surface area (TPSA) is 63.6 Å². The maximum absolute atomic E-state index is 13.0. The molecule has 0 radical (unpaired) electrons. The normalized spacial score (nSPS) is 21.7. The van der Waals surface area contributed by atoms with Crippen molar-refractivity contribution in [3.63, 3.8) is 0 Å². The van der Waals surface area contributed by atoms with Crippen LogP contribution < -0.4 is 0 Å². The molecule has 1 aromatic carbocycles. The number of rotatable bonds is 9. The molecule has 0 spiro atoms. The Labute approximate surface area is 161 Å². The van der Waals surface area contributed by atoms with E-state index in [-0.39, 0.29) is 23.2 Å². The number of ketones is 2. The first kappa shape index (κ1) is 19.8.